The van der Waals surface area contributed by atoms with Crippen LogP contribution in [-0.4, -0.2) is 39.1 Å². The highest BCUT2D eigenvalue weighted by Gasteiger charge is 2.21. The lowest BCUT2D eigenvalue weighted by molar-refractivity contribution is 0.0702. The Morgan fingerprint density at radius 1 is 1.42 bits per heavy atom. The molecule has 0 unspecified atom stereocenters. The van der Waals surface area contributed by atoms with E-state index in [0.29, 0.717) is 17.8 Å². The molecule has 1 aromatic rings. The molecular formula is C11H18N2O4S2. The molecule has 0 radical (unpaired) electrons. The second-order valence-corrected chi connectivity index (χ2v) is 6.93. The fourth-order valence-corrected chi connectivity index (χ4v) is 4.01. The topological polar surface area (TPSA) is 95.5 Å². The molecule has 0 saturated heterocycles. The van der Waals surface area contributed by atoms with Crippen LogP contribution in [0.1, 0.15) is 27.9 Å². The van der Waals surface area contributed by atoms with Gasteiger partial charge >= 0.3 is 5.97 Å². The Balaban J connectivity index is 2.69. The van der Waals surface area contributed by atoms with Gasteiger partial charge in [0.25, 0.3) is 0 Å². The van der Waals surface area contributed by atoms with E-state index in [2.05, 4.69) is 10.0 Å². The quantitative estimate of drug-likeness (QED) is 0.624. The SMILES string of the molecule is CCNCCCNS(=O)(=O)c1cc(C(=O)O)sc1C. The Bertz CT molecular complexity index is 537. The van der Waals surface area contributed by atoms with Crippen molar-refractivity contribution >= 4 is 27.3 Å². The van der Waals surface area contributed by atoms with Crippen molar-refractivity contribution in [1.29, 1.82) is 0 Å². The van der Waals surface area contributed by atoms with Crippen molar-refractivity contribution in [3.8, 4) is 0 Å². The molecule has 0 aromatic carbocycles. The van der Waals surface area contributed by atoms with Crippen molar-refractivity contribution in [2.45, 2.75) is 25.2 Å². The van der Waals surface area contributed by atoms with Gasteiger partial charge in [0.15, 0.2) is 0 Å². The predicted molar refractivity (Wildman–Crippen MR) is 74.4 cm³/mol. The molecule has 1 aromatic heterocycles. The third-order valence-electron chi connectivity index (χ3n) is 2.44. The predicted octanol–water partition coefficient (Wildman–Crippen LogP) is 1.03. The fraction of sp³-hybridized carbons (Fsp3) is 0.545. The van der Waals surface area contributed by atoms with Gasteiger partial charge in [0.2, 0.25) is 10.0 Å². The number of aryl methyl sites for hydroxylation is 1. The zero-order valence-corrected chi connectivity index (χ0v) is 12.5. The normalized spacial score (nSPS) is 11.7. The van der Waals surface area contributed by atoms with E-state index in [-0.39, 0.29) is 9.77 Å². The van der Waals surface area contributed by atoms with Crippen molar-refractivity contribution in [2.24, 2.45) is 0 Å². The van der Waals surface area contributed by atoms with E-state index in [1.165, 1.54) is 6.07 Å². The van der Waals surface area contributed by atoms with Crippen LogP contribution < -0.4 is 10.0 Å². The lowest BCUT2D eigenvalue weighted by Gasteiger charge is -2.06. The molecule has 3 N–H and O–H groups in total. The molecule has 0 atom stereocenters. The Hall–Kier alpha value is -0.960. The number of rotatable bonds is 8. The van der Waals surface area contributed by atoms with Crippen molar-refractivity contribution in [3.63, 3.8) is 0 Å². The fourth-order valence-electron chi connectivity index (χ4n) is 1.51. The maximum absolute atomic E-state index is 12.0. The van der Waals surface area contributed by atoms with Gasteiger partial charge in [0.05, 0.1) is 4.90 Å². The molecule has 0 amide bonds. The van der Waals surface area contributed by atoms with Gasteiger partial charge < -0.3 is 10.4 Å². The maximum atomic E-state index is 12.0. The molecule has 6 nitrogen and oxygen atoms in total. The summed E-state index contributed by atoms with van der Waals surface area (Å²) < 4.78 is 26.5. The molecular weight excluding hydrogens is 288 g/mol. The molecule has 0 aliphatic carbocycles. The average molecular weight is 306 g/mol. The monoisotopic (exact) mass is 306 g/mol. The summed E-state index contributed by atoms with van der Waals surface area (Å²) in [6.07, 6.45) is 0.683. The van der Waals surface area contributed by atoms with Crippen LogP contribution in [0.4, 0.5) is 0 Å². The minimum atomic E-state index is -3.62. The molecule has 0 spiro atoms. The lowest BCUT2D eigenvalue weighted by atomic mass is 10.4. The van der Waals surface area contributed by atoms with Gasteiger partial charge in [0.1, 0.15) is 4.88 Å². The van der Waals surface area contributed by atoms with Gasteiger partial charge in [-0.25, -0.2) is 17.9 Å². The Morgan fingerprint density at radius 3 is 2.63 bits per heavy atom. The Kier molecular flexibility index (Phi) is 5.92. The van der Waals surface area contributed by atoms with Gasteiger partial charge in [-0.3, -0.25) is 0 Å². The number of carboxylic acid groups (broad SMARTS) is 1. The molecule has 0 saturated carbocycles. The van der Waals surface area contributed by atoms with Crippen molar-refractivity contribution in [1.82, 2.24) is 10.0 Å². The first kappa shape index (κ1) is 16.1. The van der Waals surface area contributed by atoms with Crippen LogP contribution >= 0.6 is 11.3 Å². The molecule has 1 rings (SSSR count). The first-order valence-electron chi connectivity index (χ1n) is 5.92. The van der Waals surface area contributed by atoms with Crippen molar-refractivity contribution < 1.29 is 18.3 Å². The van der Waals surface area contributed by atoms with E-state index >= 15 is 0 Å². The highest BCUT2D eigenvalue weighted by Crippen LogP contribution is 2.25. The summed E-state index contributed by atoms with van der Waals surface area (Å²) in [6.45, 7) is 5.49. The highest BCUT2D eigenvalue weighted by molar-refractivity contribution is 7.89. The summed E-state index contributed by atoms with van der Waals surface area (Å²) in [5.74, 6) is -1.11. The van der Waals surface area contributed by atoms with Crippen LogP contribution in [0.15, 0.2) is 11.0 Å². The number of thiophene rings is 1. The number of hydrogen-bond donors (Lipinski definition) is 3. The zero-order valence-electron chi connectivity index (χ0n) is 10.9. The summed E-state index contributed by atoms with van der Waals surface area (Å²) >= 11 is 0.966. The number of aromatic carboxylic acids is 1. The molecule has 108 valence electrons. The minimum absolute atomic E-state index is 0.0329. The Morgan fingerprint density at radius 2 is 2.11 bits per heavy atom. The van der Waals surface area contributed by atoms with E-state index in [1.807, 2.05) is 6.92 Å². The maximum Gasteiger partial charge on any atom is 0.345 e. The van der Waals surface area contributed by atoms with Crippen LogP contribution in [0, 0.1) is 6.92 Å². The largest absolute Gasteiger partial charge is 0.477 e. The van der Waals surface area contributed by atoms with E-state index in [9.17, 15) is 13.2 Å². The van der Waals surface area contributed by atoms with E-state index < -0.39 is 16.0 Å². The van der Waals surface area contributed by atoms with Gasteiger partial charge in [-0.2, -0.15) is 0 Å². The molecule has 0 aliphatic rings. The zero-order chi connectivity index (χ0) is 14.5. The summed E-state index contributed by atoms with van der Waals surface area (Å²) in [4.78, 5) is 11.4. The number of sulfonamides is 1. The van der Waals surface area contributed by atoms with Crippen LogP contribution in [0.2, 0.25) is 0 Å². The van der Waals surface area contributed by atoms with Crippen molar-refractivity contribution in [2.75, 3.05) is 19.6 Å². The summed E-state index contributed by atoms with van der Waals surface area (Å²) in [6, 6.07) is 1.20. The molecule has 8 heteroatoms. The van der Waals surface area contributed by atoms with Crippen LogP contribution in [-0.2, 0) is 10.0 Å². The number of hydrogen-bond acceptors (Lipinski definition) is 5. The first-order valence-corrected chi connectivity index (χ1v) is 8.22. The third kappa shape index (κ3) is 4.57. The van der Waals surface area contributed by atoms with E-state index in [0.717, 1.165) is 24.4 Å². The number of carboxylic acids is 1. The molecule has 0 bridgehead atoms. The Labute approximate surface area is 116 Å². The van der Waals surface area contributed by atoms with Gasteiger partial charge in [-0.05, 0) is 32.5 Å². The minimum Gasteiger partial charge on any atom is -0.477 e. The third-order valence-corrected chi connectivity index (χ3v) is 5.20. The van der Waals surface area contributed by atoms with Gasteiger partial charge in [-0.15, -0.1) is 11.3 Å². The summed E-state index contributed by atoms with van der Waals surface area (Å²) in [7, 11) is -3.62. The highest BCUT2D eigenvalue weighted by atomic mass is 32.2. The van der Waals surface area contributed by atoms with Gasteiger partial charge in [-0.1, -0.05) is 6.92 Å². The van der Waals surface area contributed by atoms with E-state index in [4.69, 9.17) is 5.11 Å². The van der Waals surface area contributed by atoms with Crippen molar-refractivity contribution in [3.05, 3.63) is 15.8 Å². The molecule has 19 heavy (non-hydrogen) atoms. The number of nitrogens with one attached hydrogen (secondary N) is 2. The van der Waals surface area contributed by atoms with E-state index in [1.54, 1.807) is 6.92 Å². The van der Waals surface area contributed by atoms with Gasteiger partial charge in [0, 0.05) is 11.4 Å². The average Bonchev–Trinajstić information content (AvgIpc) is 2.72. The standard InChI is InChI=1S/C11H18N2O4S2/c1-3-12-5-4-6-13-19(16,17)10-7-9(11(14)15)18-8(10)2/h7,12-13H,3-6H2,1-2H3,(H,14,15). The van der Waals surface area contributed by atoms with Crippen LogP contribution in [0.25, 0.3) is 0 Å². The smallest absolute Gasteiger partial charge is 0.345 e. The lowest BCUT2D eigenvalue weighted by Crippen LogP contribution is -2.27. The summed E-state index contributed by atoms with van der Waals surface area (Å²) in [5.41, 5.74) is 0. The second kappa shape index (κ2) is 6.99. The molecule has 1 heterocycles. The molecule has 0 fully saturated rings. The van der Waals surface area contributed by atoms with Crippen LogP contribution in [0.3, 0.4) is 0 Å². The second-order valence-electron chi connectivity index (χ2n) is 3.94. The first-order chi connectivity index (χ1) is 8.88. The summed E-state index contributed by atoms with van der Waals surface area (Å²) in [5, 5.41) is 11.9. The molecule has 0 aliphatic heterocycles. The van der Waals surface area contributed by atoms with Crippen LogP contribution in [0.5, 0.6) is 0 Å². The number of carbonyl (C=O) groups is 1.